The van der Waals surface area contributed by atoms with E-state index < -0.39 is 16.8 Å². The summed E-state index contributed by atoms with van der Waals surface area (Å²) < 4.78 is 1.51. The van der Waals surface area contributed by atoms with Crippen LogP contribution in [0.1, 0.15) is 23.2 Å². The Kier molecular flexibility index (Phi) is 5.48. The monoisotopic (exact) mass is 352 g/mol. The van der Waals surface area contributed by atoms with Crippen LogP contribution in [0, 0.1) is 10.1 Å². The topological polar surface area (TPSA) is 127 Å². The molecule has 0 atom stereocenters. The molecule has 2 rings (SSSR count). The number of aliphatic carboxylic acids is 1. The Balaban J connectivity index is 2.01. The molecule has 0 spiro atoms. The van der Waals surface area contributed by atoms with Crippen molar-refractivity contribution in [1.29, 1.82) is 0 Å². The number of anilines is 1. The van der Waals surface area contributed by atoms with E-state index in [1.165, 1.54) is 23.0 Å². The van der Waals surface area contributed by atoms with Gasteiger partial charge >= 0.3 is 5.97 Å². The van der Waals surface area contributed by atoms with E-state index in [9.17, 15) is 19.7 Å². The number of hydrogen-bond donors (Lipinski definition) is 2. The number of amides is 1. The van der Waals surface area contributed by atoms with Crippen LogP contribution in [-0.4, -0.2) is 31.7 Å². The van der Waals surface area contributed by atoms with E-state index in [1.807, 2.05) is 0 Å². The number of nitrogens with zero attached hydrogens (tertiary/aromatic N) is 3. The van der Waals surface area contributed by atoms with Crippen LogP contribution < -0.4 is 5.32 Å². The Hall–Kier alpha value is -2.94. The molecular formula is C14H13ClN4O5. The molecule has 0 saturated heterocycles. The quantitative estimate of drug-likeness (QED) is 0.582. The minimum absolute atomic E-state index is 0.0277. The largest absolute Gasteiger partial charge is 0.481 e. The Morgan fingerprint density at radius 3 is 2.79 bits per heavy atom. The number of non-ortho nitro benzene ring substituents is 1. The molecule has 2 aromatic rings. The second kappa shape index (κ2) is 7.55. The summed E-state index contributed by atoms with van der Waals surface area (Å²) in [7, 11) is 0. The highest BCUT2D eigenvalue weighted by molar-refractivity contribution is 6.34. The molecule has 0 fully saturated rings. The Morgan fingerprint density at radius 1 is 1.42 bits per heavy atom. The molecule has 0 bridgehead atoms. The average molecular weight is 353 g/mol. The number of aromatic nitrogens is 2. The zero-order valence-corrected chi connectivity index (χ0v) is 13.1. The molecule has 1 aromatic carbocycles. The van der Waals surface area contributed by atoms with Gasteiger partial charge in [0, 0.05) is 31.3 Å². The predicted molar refractivity (Wildman–Crippen MR) is 85.2 cm³/mol. The van der Waals surface area contributed by atoms with Gasteiger partial charge in [-0.2, -0.15) is 5.10 Å². The maximum absolute atomic E-state index is 12.1. The van der Waals surface area contributed by atoms with E-state index in [4.69, 9.17) is 16.7 Å². The van der Waals surface area contributed by atoms with Gasteiger partial charge in [-0.25, -0.2) is 0 Å². The fourth-order valence-corrected chi connectivity index (χ4v) is 2.20. The van der Waals surface area contributed by atoms with E-state index >= 15 is 0 Å². The zero-order chi connectivity index (χ0) is 17.7. The molecule has 0 unspecified atom stereocenters. The zero-order valence-electron chi connectivity index (χ0n) is 12.3. The summed E-state index contributed by atoms with van der Waals surface area (Å²) in [5.74, 6) is -1.41. The van der Waals surface area contributed by atoms with E-state index in [2.05, 4.69) is 10.4 Å². The van der Waals surface area contributed by atoms with Gasteiger partial charge in [-0.05, 0) is 12.5 Å². The minimum Gasteiger partial charge on any atom is -0.481 e. The third kappa shape index (κ3) is 4.53. The Morgan fingerprint density at radius 2 is 2.17 bits per heavy atom. The van der Waals surface area contributed by atoms with E-state index in [0.29, 0.717) is 18.7 Å². The van der Waals surface area contributed by atoms with Crippen LogP contribution in [0.15, 0.2) is 30.6 Å². The maximum atomic E-state index is 12.1. The molecule has 0 saturated carbocycles. The van der Waals surface area contributed by atoms with Crippen LogP contribution in [0.25, 0.3) is 0 Å². The second-order valence-corrected chi connectivity index (χ2v) is 5.27. The first-order valence-electron chi connectivity index (χ1n) is 6.86. The first kappa shape index (κ1) is 17.4. The average Bonchev–Trinajstić information content (AvgIpc) is 2.93. The van der Waals surface area contributed by atoms with Gasteiger partial charge in [0.15, 0.2) is 0 Å². The van der Waals surface area contributed by atoms with Crippen molar-refractivity contribution in [2.75, 3.05) is 5.32 Å². The molecule has 2 N–H and O–H groups in total. The number of halogens is 1. The minimum atomic E-state index is -0.886. The third-order valence-electron chi connectivity index (χ3n) is 3.08. The number of carboxylic acid groups (broad SMARTS) is 1. The van der Waals surface area contributed by atoms with Crippen molar-refractivity contribution in [2.45, 2.75) is 19.4 Å². The molecule has 1 aromatic heterocycles. The summed E-state index contributed by atoms with van der Waals surface area (Å²) in [4.78, 5) is 32.7. The van der Waals surface area contributed by atoms with Crippen LogP contribution in [-0.2, 0) is 11.3 Å². The van der Waals surface area contributed by atoms with Gasteiger partial charge < -0.3 is 10.4 Å². The van der Waals surface area contributed by atoms with Crippen LogP contribution >= 0.6 is 11.6 Å². The van der Waals surface area contributed by atoms with Gasteiger partial charge in [-0.1, -0.05) is 11.6 Å². The number of hydrogen-bond acceptors (Lipinski definition) is 5. The number of carbonyl (C=O) groups is 2. The molecule has 0 radical (unpaired) electrons. The SMILES string of the molecule is O=C(O)CCCn1cc(NC(=O)c2ccc([N+](=O)[O-])cc2Cl)cn1. The number of nitro groups is 1. The number of carbonyl (C=O) groups excluding carboxylic acids is 1. The molecular weight excluding hydrogens is 340 g/mol. The highest BCUT2D eigenvalue weighted by Gasteiger charge is 2.15. The second-order valence-electron chi connectivity index (χ2n) is 4.86. The van der Waals surface area contributed by atoms with Crippen molar-refractivity contribution >= 4 is 34.9 Å². The van der Waals surface area contributed by atoms with Crippen molar-refractivity contribution in [3.63, 3.8) is 0 Å². The van der Waals surface area contributed by atoms with Crippen LogP contribution in [0.2, 0.25) is 5.02 Å². The van der Waals surface area contributed by atoms with Crippen molar-refractivity contribution in [3.05, 3.63) is 51.3 Å². The molecule has 10 heteroatoms. The smallest absolute Gasteiger partial charge is 0.303 e. The highest BCUT2D eigenvalue weighted by atomic mass is 35.5. The predicted octanol–water partition coefficient (Wildman–Crippen LogP) is 2.56. The van der Waals surface area contributed by atoms with Crippen molar-refractivity contribution < 1.29 is 19.6 Å². The molecule has 1 amide bonds. The lowest BCUT2D eigenvalue weighted by Crippen LogP contribution is -2.12. The van der Waals surface area contributed by atoms with Crippen LogP contribution in [0.4, 0.5) is 11.4 Å². The number of carboxylic acids is 1. The summed E-state index contributed by atoms with van der Waals surface area (Å²) in [6.45, 7) is 0.403. The number of nitrogens with one attached hydrogen (secondary N) is 1. The highest BCUT2D eigenvalue weighted by Crippen LogP contribution is 2.23. The lowest BCUT2D eigenvalue weighted by atomic mass is 10.2. The van der Waals surface area contributed by atoms with E-state index in [0.717, 1.165) is 6.07 Å². The van der Waals surface area contributed by atoms with Crippen LogP contribution in [0.3, 0.4) is 0 Å². The van der Waals surface area contributed by atoms with E-state index in [1.54, 1.807) is 6.20 Å². The third-order valence-corrected chi connectivity index (χ3v) is 3.39. The van der Waals surface area contributed by atoms with E-state index in [-0.39, 0.29) is 22.7 Å². The molecule has 24 heavy (non-hydrogen) atoms. The molecule has 0 aliphatic rings. The van der Waals surface area contributed by atoms with Crippen molar-refractivity contribution in [3.8, 4) is 0 Å². The summed E-state index contributed by atoms with van der Waals surface area (Å²) >= 11 is 5.90. The first-order chi connectivity index (χ1) is 11.4. The standard InChI is InChI=1S/C14H13ClN4O5/c15-12-6-10(19(23)24)3-4-11(12)14(22)17-9-7-16-18(8-9)5-1-2-13(20)21/h3-4,6-8H,1-2,5H2,(H,17,22)(H,20,21). The van der Waals surface area contributed by atoms with Gasteiger partial charge in [-0.15, -0.1) is 0 Å². The number of rotatable bonds is 7. The normalized spacial score (nSPS) is 10.4. The molecule has 126 valence electrons. The van der Waals surface area contributed by atoms with Crippen LogP contribution in [0.5, 0.6) is 0 Å². The number of aryl methyl sites for hydroxylation is 1. The Labute approximate surface area is 141 Å². The Bertz CT molecular complexity index is 789. The summed E-state index contributed by atoms with van der Waals surface area (Å²) in [6, 6.07) is 3.56. The molecule has 0 aliphatic heterocycles. The molecule has 1 heterocycles. The molecule has 0 aliphatic carbocycles. The molecule has 9 nitrogen and oxygen atoms in total. The number of nitro benzene ring substituents is 1. The van der Waals surface area contributed by atoms with Gasteiger partial charge in [-0.3, -0.25) is 24.4 Å². The van der Waals surface area contributed by atoms with Gasteiger partial charge in [0.25, 0.3) is 11.6 Å². The summed E-state index contributed by atoms with van der Waals surface area (Å²) in [5, 5.41) is 25.8. The fraction of sp³-hybridized carbons (Fsp3) is 0.214. The van der Waals surface area contributed by atoms with Gasteiger partial charge in [0.2, 0.25) is 0 Å². The maximum Gasteiger partial charge on any atom is 0.303 e. The van der Waals surface area contributed by atoms with Crippen molar-refractivity contribution in [1.82, 2.24) is 9.78 Å². The summed E-state index contributed by atoms with van der Waals surface area (Å²) in [5.41, 5.74) is 0.299. The number of benzene rings is 1. The summed E-state index contributed by atoms with van der Waals surface area (Å²) in [6.07, 6.45) is 3.41. The fourth-order valence-electron chi connectivity index (χ4n) is 1.94. The first-order valence-corrected chi connectivity index (χ1v) is 7.24. The lowest BCUT2D eigenvalue weighted by Gasteiger charge is -2.04. The lowest BCUT2D eigenvalue weighted by molar-refractivity contribution is -0.384. The van der Waals surface area contributed by atoms with Gasteiger partial charge in [0.1, 0.15) is 0 Å². The van der Waals surface area contributed by atoms with Gasteiger partial charge in [0.05, 0.1) is 27.4 Å². The van der Waals surface area contributed by atoms with Crippen molar-refractivity contribution in [2.24, 2.45) is 0 Å².